The molecule has 0 heterocycles. The number of hydrogen-bond donors (Lipinski definition) is 1. The third-order valence-corrected chi connectivity index (χ3v) is 1.96. The largest absolute Gasteiger partial charge is 0.493 e. The molecule has 84 valence electrons. The van der Waals surface area contributed by atoms with E-state index in [0.29, 0.717) is 17.9 Å². The lowest BCUT2D eigenvalue weighted by Crippen LogP contribution is -2.01. The van der Waals surface area contributed by atoms with Crippen LogP contribution in [0.4, 0.5) is 0 Å². The van der Waals surface area contributed by atoms with Crippen molar-refractivity contribution in [1.82, 2.24) is 0 Å². The van der Waals surface area contributed by atoms with Crippen LogP contribution in [-0.4, -0.2) is 32.7 Å². The van der Waals surface area contributed by atoms with Gasteiger partial charge in [-0.05, 0) is 24.1 Å². The lowest BCUT2D eigenvalue weighted by molar-refractivity contribution is 0.0491. The number of ether oxygens (including phenoxy) is 3. The van der Waals surface area contributed by atoms with Crippen LogP contribution < -0.4 is 9.47 Å². The van der Waals surface area contributed by atoms with Crippen LogP contribution in [0.3, 0.4) is 0 Å². The molecule has 0 bridgehead atoms. The molecule has 0 aliphatic heterocycles. The lowest BCUT2D eigenvalue weighted by atomic mass is 10.1. The summed E-state index contributed by atoms with van der Waals surface area (Å²) in [7, 11) is 3.14. The van der Waals surface area contributed by atoms with E-state index in [2.05, 4.69) is 0 Å². The fourth-order valence-electron chi connectivity index (χ4n) is 1.24. The number of aliphatic hydroxyl groups excluding tert-OH is 1. The van der Waals surface area contributed by atoms with Crippen molar-refractivity contribution in [2.45, 2.75) is 6.42 Å². The van der Waals surface area contributed by atoms with Crippen molar-refractivity contribution in [3.8, 4) is 11.5 Å². The minimum atomic E-state index is 0.126. The molecule has 0 saturated carbocycles. The molecule has 0 fully saturated rings. The zero-order chi connectivity index (χ0) is 11.1. The second kappa shape index (κ2) is 6.27. The van der Waals surface area contributed by atoms with Crippen molar-refractivity contribution in [3.63, 3.8) is 0 Å². The van der Waals surface area contributed by atoms with E-state index in [1.54, 1.807) is 14.2 Å². The highest BCUT2D eigenvalue weighted by molar-refractivity contribution is 5.42. The molecule has 0 aromatic heterocycles. The molecular weight excluding hydrogens is 196 g/mol. The molecule has 15 heavy (non-hydrogen) atoms. The summed E-state index contributed by atoms with van der Waals surface area (Å²) >= 11 is 0. The van der Waals surface area contributed by atoms with E-state index in [4.69, 9.17) is 19.3 Å². The van der Waals surface area contributed by atoms with E-state index in [9.17, 15) is 0 Å². The number of rotatable bonds is 6. The second-order valence-electron chi connectivity index (χ2n) is 3.01. The van der Waals surface area contributed by atoms with E-state index in [0.717, 1.165) is 5.56 Å². The van der Waals surface area contributed by atoms with Crippen LogP contribution >= 0.6 is 0 Å². The first-order valence-corrected chi connectivity index (χ1v) is 4.71. The van der Waals surface area contributed by atoms with Gasteiger partial charge in [0.25, 0.3) is 0 Å². The fourth-order valence-corrected chi connectivity index (χ4v) is 1.24. The SMILES string of the molecule is COCOc1ccc(CCO)cc1OC. The fraction of sp³-hybridized carbons (Fsp3) is 0.455. The molecule has 1 rings (SSSR count). The minimum absolute atomic E-state index is 0.126. The Morgan fingerprint density at radius 1 is 1.20 bits per heavy atom. The van der Waals surface area contributed by atoms with Crippen LogP contribution in [0.1, 0.15) is 5.56 Å². The molecule has 0 saturated heterocycles. The van der Waals surface area contributed by atoms with Gasteiger partial charge in [-0.3, -0.25) is 0 Å². The molecule has 0 atom stereocenters. The molecule has 0 radical (unpaired) electrons. The van der Waals surface area contributed by atoms with E-state index in [1.165, 1.54) is 0 Å². The third-order valence-electron chi connectivity index (χ3n) is 1.96. The Hall–Kier alpha value is -1.26. The predicted octanol–water partition coefficient (Wildman–Crippen LogP) is 1.21. The van der Waals surface area contributed by atoms with E-state index >= 15 is 0 Å². The molecule has 1 aromatic rings. The maximum absolute atomic E-state index is 8.80. The summed E-state index contributed by atoms with van der Waals surface area (Å²) in [5.41, 5.74) is 1.01. The van der Waals surface area contributed by atoms with Gasteiger partial charge < -0.3 is 19.3 Å². The van der Waals surface area contributed by atoms with Gasteiger partial charge in [-0.1, -0.05) is 6.07 Å². The number of aliphatic hydroxyl groups is 1. The van der Waals surface area contributed by atoms with E-state index in [1.807, 2.05) is 18.2 Å². The average molecular weight is 212 g/mol. The van der Waals surface area contributed by atoms with Crippen molar-refractivity contribution in [1.29, 1.82) is 0 Å². The van der Waals surface area contributed by atoms with Gasteiger partial charge in [-0.15, -0.1) is 0 Å². The first-order valence-electron chi connectivity index (χ1n) is 4.71. The first kappa shape index (κ1) is 11.8. The monoisotopic (exact) mass is 212 g/mol. The Labute approximate surface area is 89.4 Å². The zero-order valence-electron chi connectivity index (χ0n) is 9.03. The van der Waals surface area contributed by atoms with E-state index in [-0.39, 0.29) is 13.4 Å². The Morgan fingerprint density at radius 2 is 2.00 bits per heavy atom. The molecule has 1 N–H and O–H groups in total. The lowest BCUT2D eigenvalue weighted by Gasteiger charge is -2.10. The van der Waals surface area contributed by atoms with Gasteiger partial charge in [-0.25, -0.2) is 0 Å². The summed E-state index contributed by atoms with van der Waals surface area (Å²) in [6, 6.07) is 5.55. The Bertz CT molecular complexity index is 299. The smallest absolute Gasteiger partial charge is 0.188 e. The highest BCUT2D eigenvalue weighted by Crippen LogP contribution is 2.28. The number of hydrogen-bond acceptors (Lipinski definition) is 4. The highest BCUT2D eigenvalue weighted by Gasteiger charge is 2.05. The third kappa shape index (κ3) is 3.42. The van der Waals surface area contributed by atoms with Gasteiger partial charge in [0.1, 0.15) is 0 Å². The standard InChI is InChI=1S/C11H16O4/c1-13-8-15-10-4-3-9(5-6-12)7-11(10)14-2/h3-4,7,12H,5-6,8H2,1-2H3. The summed E-state index contributed by atoms with van der Waals surface area (Å²) in [6.45, 7) is 0.317. The molecular formula is C11H16O4. The number of methoxy groups -OCH3 is 2. The maximum atomic E-state index is 8.80. The van der Waals surface area contributed by atoms with Gasteiger partial charge in [0, 0.05) is 13.7 Å². The van der Waals surface area contributed by atoms with Crippen LogP contribution in [0, 0.1) is 0 Å². The van der Waals surface area contributed by atoms with Gasteiger partial charge >= 0.3 is 0 Å². The second-order valence-corrected chi connectivity index (χ2v) is 3.01. The number of benzene rings is 1. The van der Waals surface area contributed by atoms with Crippen molar-refractivity contribution < 1.29 is 19.3 Å². The first-order chi connectivity index (χ1) is 7.31. The van der Waals surface area contributed by atoms with Crippen molar-refractivity contribution in [3.05, 3.63) is 23.8 Å². The van der Waals surface area contributed by atoms with Crippen LogP contribution in [0.5, 0.6) is 11.5 Å². The highest BCUT2D eigenvalue weighted by atomic mass is 16.7. The van der Waals surface area contributed by atoms with Crippen molar-refractivity contribution >= 4 is 0 Å². The Morgan fingerprint density at radius 3 is 2.60 bits per heavy atom. The summed E-state index contributed by atoms with van der Waals surface area (Å²) in [4.78, 5) is 0. The molecule has 0 aliphatic rings. The molecule has 4 nitrogen and oxygen atoms in total. The van der Waals surface area contributed by atoms with Crippen LogP contribution in [-0.2, 0) is 11.2 Å². The van der Waals surface area contributed by atoms with Gasteiger partial charge in [-0.2, -0.15) is 0 Å². The van der Waals surface area contributed by atoms with Gasteiger partial charge in [0.15, 0.2) is 18.3 Å². The summed E-state index contributed by atoms with van der Waals surface area (Å²) in [5.74, 6) is 1.29. The topological polar surface area (TPSA) is 47.9 Å². The van der Waals surface area contributed by atoms with Gasteiger partial charge in [0.2, 0.25) is 0 Å². The summed E-state index contributed by atoms with van der Waals surface area (Å²) < 4.78 is 15.3. The Kier molecular flexibility index (Phi) is 4.93. The molecule has 0 unspecified atom stereocenters. The molecule has 0 aliphatic carbocycles. The Balaban J connectivity index is 2.78. The molecule has 4 heteroatoms. The van der Waals surface area contributed by atoms with E-state index < -0.39 is 0 Å². The summed E-state index contributed by atoms with van der Waals surface area (Å²) in [6.07, 6.45) is 0.612. The molecule has 0 spiro atoms. The minimum Gasteiger partial charge on any atom is -0.493 e. The molecule has 1 aromatic carbocycles. The average Bonchev–Trinajstić information content (AvgIpc) is 2.27. The van der Waals surface area contributed by atoms with Crippen molar-refractivity contribution in [2.24, 2.45) is 0 Å². The van der Waals surface area contributed by atoms with Gasteiger partial charge in [0.05, 0.1) is 7.11 Å². The maximum Gasteiger partial charge on any atom is 0.188 e. The van der Waals surface area contributed by atoms with Crippen LogP contribution in [0.2, 0.25) is 0 Å². The normalized spacial score (nSPS) is 10.1. The zero-order valence-corrected chi connectivity index (χ0v) is 9.03. The predicted molar refractivity (Wildman–Crippen MR) is 56.3 cm³/mol. The quantitative estimate of drug-likeness (QED) is 0.720. The molecule has 0 amide bonds. The van der Waals surface area contributed by atoms with Crippen LogP contribution in [0.25, 0.3) is 0 Å². The van der Waals surface area contributed by atoms with Crippen molar-refractivity contribution in [2.75, 3.05) is 27.6 Å². The summed E-state index contributed by atoms with van der Waals surface area (Å²) in [5, 5.41) is 8.80. The van der Waals surface area contributed by atoms with Crippen LogP contribution in [0.15, 0.2) is 18.2 Å².